The van der Waals surface area contributed by atoms with Gasteiger partial charge in [-0.1, -0.05) is 75.1 Å². The van der Waals surface area contributed by atoms with E-state index in [0.29, 0.717) is 6.42 Å². The second kappa shape index (κ2) is 10.7. The van der Waals surface area contributed by atoms with Gasteiger partial charge < -0.3 is 9.97 Å². The third-order valence-electron chi connectivity index (χ3n) is 11.3. The number of carbonyl (C=O) groups is 2. The van der Waals surface area contributed by atoms with Crippen molar-refractivity contribution in [1.29, 1.82) is 0 Å². The van der Waals surface area contributed by atoms with Crippen molar-refractivity contribution in [2.45, 2.75) is 106 Å². The van der Waals surface area contributed by atoms with Crippen LogP contribution in [-0.2, 0) is 52.7 Å². The fourth-order valence-corrected chi connectivity index (χ4v) is 9.20. The summed E-state index contributed by atoms with van der Waals surface area (Å²) in [6, 6.07) is 8.32. The number of hydrogen-bond acceptors (Lipinski definition) is 4. The van der Waals surface area contributed by atoms with Gasteiger partial charge in [-0.2, -0.15) is 0 Å². The molecule has 6 nitrogen and oxygen atoms in total. The maximum atomic E-state index is 13.6. The third kappa shape index (κ3) is 3.68. The van der Waals surface area contributed by atoms with E-state index in [9.17, 15) is 9.59 Å². The first-order valence-electron chi connectivity index (χ1n) is 15.7. The fourth-order valence-electron chi connectivity index (χ4n) is 9.20. The van der Waals surface area contributed by atoms with Gasteiger partial charge in [0, 0.05) is 16.5 Å². The number of nitrogens with zero attached hydrogens (tertiary/aromatic N) is 4. The van der Waals surface area contributed by atoms with Crippen LogP contribution in [-0.4, -0.2) is 21.5 Å². The molecule has 0 spiro atoms. The largest absolute Gasteiger partial charge is 2.00 e. The smallest absolute Gasteiger partial charge is 0.657 e. The Kier molecular flexibility index (Phi) is 7.85. The second-order valence-corrected chi connectivity index (χ2v) is 12.7. The Labute approximate surface area is 273 Å². The van der Waals surface area contributed by atoms with E-state index in [0.717, 1.165) is 80.8 Å². The van der Waals surface area contributed by atoms with Gasteiger partial charge in [-0.3, -0.25) is 14.6 Å². The van der Waals surface area contributed by atoms with Crippen molar-refractivity contribution in [3.8, 4) is 0 Å². The minimum Gasteiger partial charge on any atom is -0.657 e. The summed E-state index contributed by atoms with van der Waals surface area (Å²) in [6.07, 6.45) is 3.12. The molecule has 1 aliphatic carbocycles. The molecule has 0 radical (unpaired) electrons. The van der Waals surface area contributed by atoms with E-state index in [-0.39, 0.29) is 31.0 Å². The summed E-state index contributed by atoms with van der Waals surface area (Å²) in [7, 11) is 0. The van der Waals surface area contributed by atoms with Crippen LogP contribution in [0.3, 0.4) is 0 Å². The molecule has 2 aliphatic heterocycles. The van der Waals surface area contributed by atoms with Crippen molar-refractivity contribution in [2.75, 3.05) is 0 Å². The number of allylic oxidation sites excluding steroid dienone is 2. The molecule has 8 bridgehead atoms. The van der Waals surface area contributed by atoms with E-state index in [1.165, 1.54) is 16.7 Å². The van der Waals surface area contributed by atoms with Crippen molar-refractivity contribution in [2.24, 2.45) is 5.41 Å². The molecule has 3 aromatic heterocycles. The van der Waals surface area contributed by atoms with Crippen LogP contribution in [0, 0.1) is 19.3 Å². The zero-order valence-corrected chi connectivity index (χ0v) is 30.9. The Morgan fingerprint density at radius 2 is 1.25 bits per heavy atom. The molecule has 2 unspecified atom stereocenters. The molecule has 0 amide bonds. The van der Waals surface area contributed by atoms with Crippen LogP contribution in [0.15, 0.2) is 24.3 Å². The minimum absolute atomic E-state index is 0. The number of fused-ring (bicyclic) bond motifs is 11. The van der Waals surface area contributed by atoms with Gasteiger partial charge in [0.05, 0.1) is 17.1 Å². The number of carbonyl (C=O) groups excluding carboxylic acids is 2. The number of ketones is 2. The average molecular weight is 640 g/mol. The Morgan fingerprint density at radius 1 is 0.705 bits per heavy atom. The van der Waals surface area contributed by atoms with Gasteiger partial charge in [0.2, 0.25) is 0 Å². The van der Waals surface area contributed by atoms with E-state index in [1.807, 2.05) is 12.1 Å². The molecule has 1 fully saturated rings. The molecule has 5 heterocycles. The Hall–Kier alpha value is -3.18. The zero-order chi connectivity index (χ0) is 31.2. The van der Waals surface area contributed by atoms with Crippen LogP contribution in [0.2, 0.25) is 0 Å². The van der Waals surface area contributed by atoms with Crippen LogP contribution >= 0.6 is 0 Å². The van der Waals surface area contributed by atoms with Crippen LogP contribution in [0.5, 0.6) is 0 Å². The predicted octanol–water partition coefficient (Wildman–Crippen LogP) is 7.44. The van der Waals surface area contributed by atoms with Gasteiger partial charge in [-0.05, 0) is 77.5 Å². The molecule has 7 heteroatoms. The van der Waals surface area contributed by atoms with Crippen molar-refractivity contribution >= 4 is 44.8 Å². The van der Waals surface area contributed by atoms with E-state index in [2.05, 4.69) is 67.5 Å². The van der Waals surface area contributed by atoms with Gasteiger partial charge >= 0.3 is 19.5 Å². The van der Waals surface area contributed by atoms with Gasteiger partial charge in [0.1, 0.15) is 17.0 Å². The van der Waals surface area contributed by atoms with Crippen LogP contribution in [0.25, 0.3) is 33.2 Å². The first-order valence-corrected chi connectivity index (χ1v) is 15.7. The van der Waals surface area contributed by atoms with Crippen molar-refractivity contribution in [1.82, 2.24) is 19.9 Å². The number of rotatable bonds is 6. The van der Waals surface area contributed by atoms with Gasteiger partial charge in [-0.15, -0.1) is 22.1 Å². The summed E-state index contributed by atoms with van der Waals surface area (Å²) in [5.74, 6) is -0.200. The Balaban J connectivity index is 0.00000384. The molecule has 0 N–H and O–H groups in total. The fraction of sp³-hybridized carbons (Fsp3) is 0.459. The number of hydrogen-bond donors (Lipinski definition) is 0. The normalized spacial score (nSPS) is 21.6. The maximum absolute atomic E-state index is 13.6. The monoisotopic (exact) mass is 638 g/mol. The summed E-state index contributed by atoms with van der Waals surface area (Å²) in [5.41, 5.74) is 11.1. The summed E-state index contributed by atoms with van der Waals surface area (Å²) in [6.45, 7) is 20.1. The first kappa shape index (κ1) is 32.2. The molecule has 2 atom stereocenters. The molecule has 6 rings (SSSR count). The molecular formula is C37H42N4O2Zn. The van der Waals surface area contributed by atoms with E-state index in [1.54, 1.807) is 13.8 Å². The maximum Gasteiger partial charge on any atom is 2.00 e. The van der Waals surface area contributed by atoms with Crippen LogP contribution in [0.4, 0.5) is 0 Å². The van der Waals surface area contributed by atoms with E-state index < -0.39 is 16.2 Å². The minimum atomic E-state index is -1.17. The molecule has 44 heavy (non-hydrogen) atoms. The summed E-state index contributed by atoms with van der Waals surface area (Å²) in [5, 5.41) is 0. The Morgan fingerprint density at radius 3 is 1.75 bits per heavy atom. The molecule has 0 aromatic carbocycles. The second-order valence-electron chi connectivity index (χ2n) is 12.7. The SMILES string of the molecule is CCC1=C(C)c2cc3[n-]c(cc4[n-]c(cc5nc(cc1n2)C1(C)C(C(C)=O)(C(C)=O)C51CC)c(C)c4CC)c(C)c3CC.[Zn+2]. The quantitative estimate of drug-likeness (QED) is 0.206. The Bertz CT molecular complexity index is 1930. The third-order valence-corrected chi connectivity index (χ3v) is 11.3. The summed E-state index contributed by atoms with van der Waals surface area (Å²) >= 11 is 0. The molecule has 0 saturated heterocycles. The van der Waals surface area contributed by atoms with Crippen LogP contribution < -0.4 is 9.97 Å². The van der Waals surface area contributed by atoms with E-state index >= 15 is 0 Å². The molecule has 3 aliphatic rings. The molecular weight excluding hydrogens is 598 g/mol. The van der Waals surface area contributed by atoms with Gasteiger partial charge in [-0.25, -0.2) is 4.98 Å². The van der Waals surface area contributed by atoms with Crippen molar-refractivity contribution in [3.05, 3.63) is 69.3 Å². The molecule has 224 valence electrons. The zero-order valence-electron chi connectivity index (χ0n) is 28.0. The number of Topliss-reactive ketones (excluding diaryl/α,β-unsaturated/α-hetero) is 2. The topological polar surface area (TPSA) is 88.1 Å². The van der Waals surface area contributed by atoms with Gasteiger partial charge in [0.15, 0.2) is 0 Å². The van der Waals surface area contributed by atoms with E-state index in [4.69, 9.17) is 19.9 Å². The summed E-state index contributed by atoms with van der Waals surface area (Å²) < 4.78 is 0. The number of aromatic nitrogens is 4. The standard InChI is InChI=1S/C37H42N4O2.Zn/c1-11-24-19(5)27-15-31-25(12-2)21(7)29(40-31)17-34-36(14-4)35(10,37(36,22(8)42)23(9)43)33(41-34)18-32-26(13-3)20(6)28(39-32)16-30(24)38-27;/h15-18H,11-14H2,1-10H3;/q-2;+2. The van der Waals surface area contributed by atoms with Crippen molar-refractivity contribution < 1.29 is 29.1 Å². The summed E-state index contributed by atoms with van der Waals surface area (Å²) in [4.78, 5) is 47.9. The predicted molar refractivity (Wildman–Crippen MR) is 173 cm³/mol. The molecule has 1 saturated carbocycles. The van der Waals surface area contributed by atoms with Crippen LogP contribution in [0.1, 0.15) is 113 Å². The first-order chi connectivity index (χ1) is 20.4. The number of aryl methyl sites for hydroxylation is 4. The van der Waals surface area contributed by atoms with Crippen molar-refractivity contribution in [3.63, 3.8) is 0 Å². The average Bonchev–Trinajstić information content (AvgIpc) is 3.27. The molecule has 3 aromatic rings. The van der Waals surface area contributed by atoms with Gasteiger partial charge in [0.25, 0.3) is 0 Å².